The zero-order chi connectivity index (χ0) is 23.3. The monoisotopic (exact) mass is 438 g/mol. The van der Waals surface area contributed by atoms with Gasteiger partial charge in [0.15, 0.2) is 0 Å². The summed E-state index contributed by atoms with van der Waals surface area (Å²) in [5.74, 6) is 1.63. The molecule has 0 aliphatic carbocycles. The number of rotatable bonds is 4. The molecule has 0 spiro atoms. The van der Waals surface area contributed by atoms with Gasteiger partial charge in [-0.2, -0.15) is 0 Å². The number of aromatic nitrogens is 4. The second-order valence-corrected chi connectivity index (χ2v) is 9.92. The molecule has 168 valence electrons. The molecule has 3 aromatic carbocycles. The van der Waals surface area contributed by atoms with Crippen molar-refractivity contribution in [3.05, 3.63) is 72.3 Å². The van der Waals surface area contributed by atoms with Crippen molar-refractivity contribution in [2.24, 2.45) is 16.9 Å². The fraction of sp³-hybridized carbons (Fsp3) is 0.259. The first-order valence-electron chi connectivity index (χ1n) is 11.3. The summed E-state index contributed by atoms with van der Waals surface area (Å²) in [4.78, 5) is 16.0. The summed E-state index contributed by atoms with van der Waals surface area (Å²) in [5.41, 5.74) is 20.7. The van der Waals surface area contributed by atoms with E-state index in [4.69, 9.17) is 16.5 Å². The number of hydrogen-bond donors (Lipinski definition) is 4. The molecule has 6 heteroatoms. The van der Waals surface area contributed by atoms with Gasteiger partial charge in [0.25, 0.3) is 0 Å². The van der Waals surface area contributed by atoms with E-state index in [1.807, 2.05) is 13.0 Å². The molecule has 0 aliphatic rings. The van der Waals surface area contributed by atoms with E-state index >= 15 is 0 Å². The zero-order valence-corrected chi connectivity index (χ0v) is 19.5. The van der Waals surface area contributed by atoms with Crippen LogP contribution >= 0.6 is 0 Å². The molecular formula is C27H30N6. The average molecular weight is 439 g/mol. The minimum absolute atomic E-state index is 0.0597. The molecule has 5 aromatic rings. The highest BCUT2D eigenvalue weighted by atomic mass is 15.0. The Morgan fingerprint density at radius 3 is 1.55 bits per heavy atom. The van der Waals surface area contributed by atoms with Gasteiger partial charge in [-0.25, -0.2) is 9.97 Å². The Hall–Kier alpha value is -3.48. The number of nitrogens with two attached hydrogens (primary N) is 2. The van der Waals surface area contributed by atoms with E-state index in [1.165, 1.54) is 0 Å². The molecular weight excluding hydrogens is 408 g/mol. The summed E-state index contributed by atoms with van der Waals surface area (Å²) in [5, 5.41) is 0. The molecule has 2 atom stereocenters. The summed E-state index contributed by atoms with van der Waals surface area (Å²) < 4.78 is 0. The predicted octanol–water partition coefficient (Wildman–Crippen LogP) is 5.84. The maximum atomic E-state index is 6.40. The fourth-order valence-electron chi connectivity index (χ4n) is 4.05. The Bertz CT molecular complexity index is 1430. The molecule has 5 rings (SSSR count). The van der Waals surface area contributed by atoms with E-state index in [-0.39, 0.29) is 17.5 Å². The Balaban J connectivity index is 1.43. The van der Waals surface area contributed by atoms with Gasteiger partial charge < -0.3 is 21.4 Å². The number of nitrogens with zero attached hydrogens (tertiary/aromatic N) is 2. The molecule has 0 unspecified atom stereocenters. The van der Waals surface area contributed by atoms with Crippen molar-refractivity contribution in [2.45, 2.75) is 39.8 Å². The van der Waals surface area contributed by atoms with Gasteiger partial charge in [0.1, 0.15) is 11.6 Å². The summed E-state index contributed by atoms with van der Waals surface area (Å²) in [7, 11) is 0. The van der Waals surface area contributed by atoms with Gasteiger partial charge in [-0.1, -0.05) is 57.2 Å². The van der Waals surface area contributed by atoms with Crippen LogP contribution in [0, 0.1) is 5.41 Å². The Kier molecular flexibility index (Phi) is 5.07. The molecule has 6 nitrogen and oxygen atoms in total. The van der Waals surface area contributed by atoms with E-state index in [0.29, 0.717) is 0 Å². The maximum Gasteiger partial charge on any atom is 0.124 e. The molecule has 0 saturated carbocycles. The molecule has 0 amide bonds. The lowest BCUT2D eigenvalue weighted by Crippen LogP contribution is -2.27. The van der Waals surface area contributed by atoms with E-state index in [1.54, 1.807) is 0 Å². The van der Waals surface area contributed by atoms with Crippen LogP contribution in [0.3, 0.4) is 0 Å². The van der Waals surface area contributed by atoms with Crippen molar-refractivity contribution in [1.82, 2.24) is 19.9 Å². The van der Waals surface area contributed by atoms with Gasteiger partial charge in [-0.15, -0.1) is 0 Å². The van der Waals surface area contributed by atoms with Gasteiger partial charge in [-0.05, 0) is 58.9 Å². The number of nitrogens with one attached hydrogen (secondary N) is 2. The van der Waals surface area contributed by atoms with Crippen LogP contribution in [0.2, 0.25) is 0 Å². The molecule has 2 heterocycles. The van der Waals surface area contributed by atoms with Gasteiger partial charge in [-0.3, -0.25) is 0 Å². The minimum atomic E-state index is -0.149. The Morgan fingerprint density at radius 2 is 1.09 bits per heavy atom. The normalized spacial score (nSPS) is 14.1. The smallest absolute Gasteiger partial charge is 0.124 e. The third kappa shape index (κ3) is 4.03. The average Bonchev–Trinajstić information content (AvgIpc) is 3.41. The van der Waals surface area contributed by atoms with Crippen LogP contribution in [0.4, 0.5) is 0 Å². The number of H-pyrrole nitrogens is 2. The maximum absolute atomic E-state index is 6.40. The third-order valence-electron chi connectivity index (χ3n) is 6.21. The lowest BCUT2D eigenvalue weighted by molar-refractivity contribution is 0.317. The van der Waals surface area contributed by atoms with Crippen LogP contribution < -0.4 is 11.5 Å². The lowest BCUT2D eigenvalue weighted by Gasteiger charge is -2.24. The van der Waals surface area contributed by atoms with Crippen LogP contribution in [0.5, 0.6) is 0 Å². The summed E-state index contributed by atoms with van der Waals surface area (Å²) in [6.07, 6.45) is 0. The number of benzene rings is 3. The third-order valence-corrected chi connectivity index (χ3v) is 6.21. The van der Waals surface area contributed by atoms with E-state index < -0.39 is 0 Å². The van der Waals surface area contributed by atoms with Gasteiger partial charge in [0.05, 0.1) is 34.2 Å². The quantitative estimate of drug-likeness (QED) is 0.283. The zero-order valence-electron chi connectivity index (χ0n) is 19.5. The largest absolute Gasteiger partial charge is 0.341 e. The topological polar surface area (TPSA) is 109 Å². The summed E-state index contributed by atoms with van der Waals surface area (Å²) >= 11 is 0. The number of imidazole rings is 2. The molecule has 0 bridgehead atoms. The van der Waals surface area contributed by atoms with Crippen molar-refractivity contribution in [3.63, 3.8) is 0 Å². The first-order valence-corrected chi connectivity index (χ1v) is 11.3. The second kappa shape index (κ2) is 7.83. The Labute approximate surface area is 193 Å². The van der Waals surface area contributed by atoms with E-state index in [0.717, 1.165) is 56.0 Å². The molecule has 0 aliphatic heterocycles. The highest BCUT2D eigenvalue weighted by Crippen LogP contribution is 2.32. The van der Waals surface area contributed by atoms with Gasteiger partial charge >= 0.3 is 0 Å². The van der Waals surface area contributed by atoms with Crippen LogP contribution in [-0.4, -0.2) is 19.9 Å². The van der Waals surface area contributed by atoms with Crippen LogP contribution in [0.25, 0.3) is 44.3 Å². The van der Waals surface area contributed by atoms with Crippen molar-refractivity contribution in [1.29, 1.82) is 0 Å². The van der Waals surface area contributed by atoms with Gasteiger partial charge in [0, 0.05) is 0 Å². The number of fused-ring (bicyclic) bond motifs is 2. The van der Waals surface area contributed by atoms with Crippen molar-refractivity contribution >= 4 is 22.1 Å². The molecule has 0 fully saturated rings. The molecule has 0 saturated heterocycles. The standard InChI is InChI=1S/C27H30N6/c1-15(28)25-30-20-11-9-18(13-22(20)32-25)16-5-7-17(8-6-16)19-10-12-21-23(14-19)33-26(31-21)24(29)27(2,3)4/h5-15,24H,28-29H2,1-4H3,(H,30,32)(H,31,33)/t15-,24+/m0/s1. The first kappa shape index (κ1) is 21.4. The highest BCUT2D eigenvalue weighted by molar-refractivity contribution is 5.84. The molecule has 0 radical (unpaired) electrons. The predicted molar refractivity (Wildman–Crippen MR) is 136 cm³/mol. The van der Waals surface area contributed by atoms with Crippen molar-refractivity contribution in [2.75, 3.05) is 0 Å². The summed E-state index contributed by atoms with van der Waals surface area (Å²) in [6, 6.07) is 20.9. The van der Waals surface area contributed by atoms with Crippen LogP contribution in [0.1, 0.15) is 51.4 Å². The summed E-state index contributed by atoms with van der Waals surface area (Å²) in [6.45, 7) is 8.30. The van der Waals surface area contributed by atoms with E-state index in [9.17, 15) is 0 Å². The van der Waals surface area contributed by atoms with Crippen molar-refractivity contribution in [3.8, 4) is 22.3 Å². The number of aromatic amines is 2. The fourth-order valence-corrected chi connectivity index (χ4v) is 4.05. The SMILES string of the molecule is C[C@H](N)c1nc2ccc(-c3ccc(-c4ccc5nc([C@@H](N)C(C)(C)C)[nH]c5c4)cc3)cc2[nH]1. The molecule has 2 aromatic heterocycles. The van der Waals surface area contributed by atoms with Crippen LogP contribution in [-0.2, 0) is 0 Å². The van der Waals surface area contributed by atoms with E-state index in [2.05, 4.69) is 90.3 Å². The Morgan fingerprint density at radius 1 is 0.667 bits per heavy atom. The second-order valence-electron chi connectivity index (χ2n) is 9.92. The lowest BCUT2D eigenvalue weighted by atomic mass is 9.87. The minimum Gasteiger partial charge on any atom is -0.341 e. The molecule has 6 N–H and O–H groups in total. The first-order chi connectivity index (χ1) is 15.7. The number of hydrogen-bond acceptors (Lipinski definition) is 4. The molecule has 33 heavy (non-hydrogen) atoms. The van der Waals surface area contributed by atoms with Gasteiger partial charge in [0.2, 0.25) is 0 Å². The highest BCUT2D eigenvalue weighted by Gasteiger charge is 2.25. The van der Waals surface area contributed by atoms with Crippen LogP contribution in [0.15, 0.2) is 60.7 Å². The van der Waals surface area contributed by atoms with Crippen molar-refractivity contribution < 1.29 is 0 Å².